The lowest BCUT2D eigenvalue weighted by molar-refractivity contribution is -0.188. The molecule has 0 atom stereocenters. The van der Waals surface area contributed by atoms with Gasteiger partial charge in [0.15, 0.2) is 0 Å². The highest BCUT2D eigenvalue weighted by atomic mass is 16.6. The Morgan fingerprint density at radius 3 is 2.00 bits per heavy atom. The maximum Gasteiger partial charge on any atom is 0.315 e. The average molecular weight is 184 g/mol. The van der Waals surface area contributed by atoms with Gasteiger partial charge in [0.1, 0.15) is 12.0 Å². The SMILES string of the molecule is CCCCC1(CCCC)COC1=O. The second-order valence-electron chi connectivity index (χ2n) is 4.06. The Morgan fingerprint density at radius 1 is 1.23 bits per heavy atom. The first-order chi connectivity index (χ1) is 6.25. The molecule has 76 valence electrons. The molecule has 0 aromatic rings. The number of cyclic esters (lactones) is 1. The monoisotopic (exact) mass is 184 g/mol. The van der Waals surface area contributed by atoms with Gasteiger partial charge in [-0.05, 0) is 12.8 Å². The largest absolute Gasteiger partial charge is 0.464 e. The molecule has 1 heterocycles. The van der Waals surface area contributed by atoms with Crippen molar-refractivity contribution < 1.29 is 9.53 Å². The first-order valence-electron chi connectivity index (χ1n) is 5.42. The molecule has 2 nitrogen and oxygen atoms in total. The molecule has 1 fully saturated rings. The number of carbonyl (C=O) groups excluding carboxylic acids is 1. The van der Waals surface area contributed by atoms with Crippen molar-refractivity contribution in [3.63, 3.8) is 0 Å². The second kappa shape index (κ2) is 4.64. The third kappa shape index (κ3) is 2.23. The standard InChI is InChI=1S/C11H20O2/c1-3-5-7-11(8-6-4-2)9-13-10(11)12/h3-9H2,1-2H3. The molecule has 0 aromatic carbocycles. The van der Waals surface area contributed by atoms with Gasteiger partial charge in [-0.3, -0.25) is 4.79 Å². The number of carbonyl (C=O) groups is 1. The van der Waals surface area contributed by atoms with E-state index in [1.165, 1.54) is 12.8 Å². The molecule has 0 bridgehead atoms. The summed E-state index contributed by atoms with van der Waals surface area (Å²) in [4.78, 5) is 11.3. The third-order valence-electron chi connectivity index (χ3n) is 2.93. The van der Waals surface area contributed by atoms with E-state index in [2.05, 4.69) is 13.8 Å². The summed E-state index contributed by atoms with van der Waals surface area (Å²) in [5.74, 6) is 0.0504. The van der Waals surface area contributed by atoms with Gasteiger partial charge in [-0.2, -0.15) is 0 Å². The summed E-state index contributed by atoms with van der Waals surface area (Å²) in [6.45, 7) is 5.00. The predicted octanol–water partition coefficient (Wildman–Crippen LogP) is 2.91. The highest BCUT2D eigenvalue weighted by Gasteiger charge is 2.47. The zero-order valence-corrected chi connectivity index (χ0v) is 8.77. The number of esters is 1. The number of hydrogen-bond acceptors (Lipinski definition) is 2. The van der Waals surface area contributed by atoms with Crippen molar-refractivity contribution in [3.8, 4) is 0 Å². The fourth-order valence-corrected chi connectivity index (χ4v) is 1.84. The third-order valence-corrected chi connectivity index (χ3v) is 2.93. The Labute approximate surface area is 80.7 Å². The van der Waals surface area contributed by atoms with Crippen molar-refractivity contribution >= 4 is 5.97 Å². The number of ether oxygens (including phenoxy) is 1. The second-order valence-corrected chi connectivity index (χ2v) is 4.06. The van der Waals surface area contributed by atoms with E-state index >= 15 is 0 Å². The summed E-state index contributed by atoms with van der Waals surface area (Å²) in [5, 5.41) is 0. The van der Waals surface area contributed by atoms with Crippen molar-refractivity contribution in [2.24, 2.45) is 5.41 Å². The van der Waals surface area contributed by atoms with Gasteiger partial charge < -0.3 is 4.74 Å². The van der Waals surface area contributed by atoms with Crippen LogP contribution in [-0.2, 0) is 9.53 Å². The summed E-state index contributed by atoms with van der Waals surface area (Å²) in [5.41, 5.74) is -0.0774. The zero-order valence-electron chi connectivity index (χ0n) is 8.77. The van der Waals surface area contributed by atoms with E-state index in [4.69, 9.17) is 4.74 Å². The van der Waals surface area contributed by atoms with Gasteiger partial charge in [0.05, 0.1) is 0 Å². The highest BCUT2D eigenvalue weighted by molar-refractivity contribution is 5.81. The summed E-state index contributed by atoms with van der Waals surface area (Å²) >= 11 is 0. The van der Waals surface area contributed by atoms with E-state index in [-0.39, 0.29) is 11.4 Å². The first-order valence-corrected chi connectivity index (χ1v) is 5.42. The van der Waals surface area contributed by atoms with Gasteiger partial charge >= 0.3 is 5.97 Å². The molecule has 0 amide bonds. The lowest BCUT2D eigenvalue weighted by Crippen LogP contribution is -2.48. The summed E-state index contributed by atoms with van der Waals surface area (Å²) in [6, 6.07) is 0. The fourth-order valence-electron chi connectivity index (χ4n) is 1.84. The number of hydrogen-bond donors (Lipinski definition) is 0. The van der Waals surface area contributed by atoms with E-state index in [1.54, 1.807) is 0 Å². The molecule has 0 saturated carbocycles. The Morgan fingerprint density at radius 2 is 1.77 bits per heavy atom. The van der Waals surface area contributed by atoms with Crippen LogP contribution in [0, 0.1) is 5.41 Å². The molecule has 0 aliphatic carbocycles. The maximum atomic E-state index is 11.3. The topological polar surface area (TPSA) is 26.3 Å². The molecule has 0 radical (unpaired) electrons. The lowest BCUT2D eigenvalue weighted by atomic mass is 9.76. The van der Waals surface area contributed by atoms with Crippen LogP contribution in [0.4, 0.5) is 0 Å². The summed E-state index contributed by atoms with van der Waals surface area (Å²) in [6.07, 6.45) is 6.70. The van der Waals surface area contributed by atoms with Crippen LogP contribution in [0.1, 0.15) is 52.4 Å². The lowest BCUT2D eigenvalue weighted by Gasteiger charge is -2.39. The van der Waals surface area contributed by atoms with Crippen molar-refractivity contribution in [3.05, 3.63) is 0 Å². The zero-order chi connectivity index (χ0) is 9.73. The summed E-state index contributed by atoms with van der Waals surface area (Å²) in [7, 11) is 0. The molecule has 0 N–H and O–H groups in total. The van der Waals surface area contributed by atoms with Crippen LogP contribution in [0.5, 0.6) is 0 Å². The van der Waals surface area contributed by atoms with Crippen LogP contribution in [0.15, 0.2) is 0 Å². The van der Waals surface area contributed by atoms with Crippen molar-refractivity contribution in [2.45, 2.75) is 52.4 Å². The summed E-state index contributed by atoms with van der Waals surface area (Å²) < 4.78 is 4.90. The van der Waals surface area contributed by atoms with Gasteiger partial charge in [-0.25, -0.2) is 0 Å². The van der Waals surface area contributed by atoms with Gasteiger partial charge in [0.2, 0.25) is 0 Å². The number of rotatable bonds is 6. The Hall–Kier alpha value is -0.530. The Kier molecular flexibility index (Phi) is 3.76. The Balaban J connectivity index is 2.39. The molecular weight excluding hydrogens is 164 g/mol. The molecule has 13 heavy (non-hydrogen) atoms. The first kappa shape index (κ1) is 10.6. The molecule has 0 spiro atoms. The normalized spacial score (nSPS) is 19.4. The molecular formula is C11H20O2. The molecule has 1 saturated heterocycles. The van der Waals surface area contributed by atoms with Crippen LogP contribution in [-0.4, -0.2) is 12.6 Å². The van der Waals surface area contributed by atoms with Crippen LogP contribution in [0.2, 0.25) is 0 Å². The van der Waals surface area contributed by atoms with Crippen LogP contribution in [0.25, 0.3) is 0 Å². The van der Waals surface area contributed by atoms with Gasteiger partial charge in [0.25, 0.3) is 0 Å². The van der Waals surface area contributed by atoms with Crippen LogP contribution < -0.4 is 0 Å². The van der Waals surface area contributed by atoms with E-state index < -0.39 is 0 Å². The van der Waals surface area contributed by atoms with Gasteiger partial charge in [0, 0.05) is 0 Å². The van der Waals surface area contributed by atoms with E-state index in [9.17, 15) is 4.79 Å². The van der Waals surface area contributed by atoms with Crippen LogP contribution in [0.3, 0.4) is 0 Å². The molecule has 1 rings (SSSR count). The smallest absolute Gasteiger partial charge is 0.315 e. The molecule has 1 aliphatic rings. The fraction of sp³-hybridized carbons (Fsp3) is 0.909. The quantitative estimate of drug-likeness (QED) is 0.593. The molecule has 1 aliphatic heterocycles. The number of unbranched alkanes of at least 4 members (excludes halogenated alkanes) is 2. The predicted molar refractivity (Wildman–Crippen MR) is 52.4 cm³/mol. The maximum absolute atomic E-state index is 11.3. The average Bonchev–Trinajstić information content (AvgIpc) is 2.16. The minimum absolute atomic E-state index is 0.0504. The van der Waals surface area contributed by atoms with Crippen molar-refractivity contribution in [2.75, 3.05) is 6.61 Å². The van der Waals surface area contributed by atoms with Crippen molar-refractivity contribution in [1.82, 2.24) is 0 Å². The van der Waals surface area contributed by atoms with Gasteiger partial charge in [-0.1, -0.05) is 39.5 Å². The Bertz CT molecular complexity index is 167. The van der Waals surface area contributed by atoms with E-state index in [0.29, 0.717) is 6.61 Å². The minimum atomic E-state index is -0.0774. The van der Waals surface area contributed by atoms with Crippen LogP contribution >= 0.6 is 0 Å². The minimum Gasteiger partial charge on any atom is -0.464 e. The van der Waals surface area contributed by atoms with Gasteiger partial charge in [-0.15, -0.1) is 0 Å². The van der Waals surface area contributed by atoms with E-state index in [1.807, 2.05) is 0 Å². The molecule has 0 unspecified atom stereocenters. The molecule has 0 aromatic heterocycles. The van der Waals surface area contributed by atoms with Crippen molar-refractivity contribution in [1.29, 1.82) is 0 Å². The highest BCUT2D eigenvalue weighted by Crippen LogP contribution is 2.39. The van der Waals surface area contributed by atoms with E-state index in [0.717, 1.165) is 25.7 Å². The molecule has 2 heteroatoms.